The fraction of sp³-hybridized carbons (Fsp3) is 0.889. The van der Waals surface area contributed by atoms with Crippen LogP contribution in [-0.4, -0.2) is 59.5 Å². The van der Waals surface area contributed by atoms with Crippen LogP contribution in [0.25, 0.3) is 0 Å². The summed E-state index contributed by atoms with van der Waals surface area (Å²) in [5.74, 6) is 0.284. The summed E-state index contributed by atoms with van der Waals surface area (Å²) in [5, 5.41) is 0. The Kier molecular flexibility index (Phi) is 4.31. The summed E-state index contributed by atoms with van der Waals surface area (Å²) in [6.07, 6.45) is 9.86. The lowest BCUT2D eigenvalue weighted by Crippen LogP contribution is -2.56. The molecule has 2 aliphatic heterocycles. The van der Waals surface area contributed by atoms with Gasteiger partial charge in [0.1, 0.15) is 0 Å². The van der Waals surface area contributed by atoms with E-state index in [-0.39, 0.29) is 29.9 Å². The lowest BCUT2D eigenvalue weighted by atomic mass is 9.89. The van der Waals surface area contributed by atoms with Gasteiger partial charge in [-0.25, -0.2) is 0 Å². The van der Waals surface area contributed by atoms with Crippen molar-refractivity contribution >= 4 is 11.8 Å². The van der Waals surface area contributed by atoms with Crippen LogP contribution in [0, 0.1) is 5.92 Å². The minimum atomic E-state index is -0.122. The number of rotatable bonds is 2. The molecule has 128 valence electrons. The lowest BCUT2D eigenvalue weighted by molar-refractivity contribution is -0.153. The first kappa shape index (κ1) is 15.4. The van der Waals surface area contributed by atoms with E-state index >= 15 is 0 Å². The van der Waals surface area contributed by atoms with Gasteiger partial charge < -0.3 is 14.5 Å². The number of ether oxygens (including phenoxy) is 1. The Hall–Kier alpha value is -1.10. The fourth-order valence-corrected chi connectivity index (χ4v) is 5.07. The molecule has 2 saturated heterocycles. The molecule has 0 aromatic heterocycles. The van der Waals surface area contributed by atoms with Crippen molar-refractivity contribution in [2.75, 3.05) is 19.7 Å². The second-order valence-corrected chi connectivity index (χ2v) is 7.68. The Labute approximate surface area is 138 Å². The summed E-state index contributed by atoms with van der Waals surface area (Å²) in [4.78, 5) is 29.5. The highest BCUT2D eigenvalue weighted by molar-refractivity contribution is 5.89. The topological polar surface area (TPSA) is 49.9 Å². The van der Waals surface area contributed by atoms with Gasteiger partial charge in [0, 0.05) is 25.6 Å². The van der Waals surface area contributed by atoms with Gasteiger partial charge in [0.05, 0.1) is 24.7 Å². The molecule has 0 unspecified atom stereocenters. The van der Waals surface area contributed by atoms with E-state index < -0.39 is 0 Å². The number of hydrogen-bond acceptors (Lipinski definition) is 3. The molecule has 2 saturated carbocycles. The Morgan fingerprint density at radius 1 is 1.04 bits per heavy atom. The molecule has 4 fully saturated rings. The van der Waals surface area contributed by atoms with Crippen LogP contribution in [0.1, 0.15) is 57.8 Å². The summed E-state index contributed by atoms with van der Waals surface area (Å²) >= 11 is 0. The van der Waals surface area contributed by atoms with Gasteiger partial charge >= 0.3 is 0 Å². The number of carbonyl (C=O) groups excluding carboxylic acids is 2. The molecule has 5 nitrogen and oxygen atoms in total. The van der Waals surface area contributed by atoms with Crippen molar-refractivity contribution in [2.45, 2.75) is 76.0 Å². The number of amides is 2. The summed E-state index contributed by atoms with van der Waals surface area (Å²) in [5.41, 5.74) is 0. The lowest BCUT2D eigenvalue weighted by Gasteiger charge is -2.44. The van der Waals surface area contributed by atoms with Gasteiger partial charge in [-0.15, -0.1) is 0 Å². The van der Waals surface area contributed by atoms with Crippen LogP contribution in [-0.2, 0) is 14.3 Å². The van der Waals surface area contributed by atoms with Gasteiger partial charge in [-0.05, 0) is 25.7 Å². The van der Waals surface area contributed by atoms with E-state index in [0.717, 1.165) is 25.7 Å². The molecule has 0 aromatic rings. The van der Waals surface area contributed by atoms with Gasteiger partial charge in [0.25, 0.3) is 0 Å². The molecule has 0 aromatic carbocycles. The van der Waals surface area contributed by atoms with Crippen molar-refractivity contribution in [3.05, 3.63) is 0 Å². The first-order chi connectivity index (χ1) is 11.2. The van der Waals surface area contributed by atoms with Crippen molar-refractivity contribution < 1.29 is 14.3 Å². The smallest absolute Gasteiger partial charge is 0.228 e. The van der Waals surface area contributed by atoms with Gasteiger partial charge in [-0.1, -0.05) is 25.7 Å². The third-order valence-electron chi connectivity index (χ3n) is 6.29. The SMILES string of the molecule is O=C1C[C@H](C(=O)N2CCO[C@@H]3CCCC[C@@H]32)CN1C1CCCC1. The molecule has 0 N–H and O–H groups in total. The number of carbonyl (C=O) groups is 2. The zero-order chi connectivity index (χ0) is 15.8. The summed E-state index contributed by atoms with van der Waals surface area (Å²) in [6, 6.07) is 0.646. The third kappa shape index (κ3) is 2.88. The maximum absolute atomic E-state index is 13.1. The van der Waals surface area contributed by atoms with Crippen LogP contribution >= 0.6 is 0 Å². The van der Waals surface area contributed by atoms with E-state index in [9.17, 15) is 9.59 Å². The molecular formula is C18H28N2O3. The van der Waals surface area contributed by atoms with Gasteiger partial charge in [-0.2, -0.15) is 0 Å². The highest BCUT2D eigenvalue weighted by Crippen LogP contribution is 2.33. The monoisotopic (exact) mass is 320 g/mol. The van der Waals surface area contributed by atoms with Crippen LogP contribution < -0.4 is 0 Å². The molecule has 5 heteroatoms. The molecule has 23 heavy (non-hydrogen) atoms. The second-order valence-electron chi connectivity index (χ2n) is 7.68. The zero-order valence-corrected chi connectivity index (χ0v) is 13.9. The second kappa shape index (κ2) is 6.42. The molecular weight excluding hydrogens is 292 g/mol. The number of likely N-dealkylation sites (tertiary alicyclic amines) is 1. The standard InChI is InChI=1S/C18H28N2O3/c21-17-11-13(12-20(17)14-5-1-2-6-14)18(22)19-9-10-23-16-8-4-3-7-15(16)19/h13-16H,1-12H2/t13-,15-,16+/m0/s1. The Morgan fingerprint density at radius 3 is 2.61 bits per heavy atom. The number of hydrogen-bond donors (Lipinski definition) is 0. The molecule has 4 aliphatic rings. The first-order valence-electron chi connectivity index (χ1n) is 9.45. The average Bonchev–Trinajstić information content (AvgIpc) is 3.23. The summed E-state index contributed by atoms with van der Waals surface area (Å²) < 4.78 is 5.88. The molecule has 0 spiro atoms. The van der Waals surface area contributed by atoms with E-state index in [0.29, 0.717) is 32.2 Å². The molecule has 3 atom stereocenters. The number of fused-ring (bicyclic) bond motifs is 1. The molecule has 0 bridgehead atoms. The van der Waals surface area contributed by atoms with Crippen LogP contribution in [0.4, 0.5) is 0 Å². The minimum Gasteiger partial charge on any atom is -0.374 e. The minimum absolute atomic E-state index is 0.122. The van der Waals surface area contributed by atoms with Crippen molar-refractivity contribution in [1.29, 1.82) is 0 Å². The van der Waals surface area contributed by atoms with Gasteiger partial charge in [0.15, 0.2) is 0 Å². The van der Waals surface area contributed by atoms with E-state index in [2.05, 4.69) is 4.90 Å². The Bertz CT molecular complexity index is 473. The summed E-state index contributed by atoms with van der Waals surface area (Å²) in [6.45, 7) is 2.01. The van der Waals surface area contributed by atoms with E-state index in [1.807, 2.05) is 4.90 Å². The predicted molar refractivity (Wildman–Crippen MR) is 85.8 cm³/mol. The molecule has 4 rings (SSSR count). The van der Waals surface area contributed by atoms with E-state index in [1.165, 1.54) is 25.7 Å². The zero-order valence-electron chi connectivity index (χ0n) is 13.9. The Balaban J connectivity index is 1.43. The quantitative estimate of drug-likeness (QED) is 0.781. The van der Waals surface area contributed by atoms with Crippen molar-refractivity contribution in [3.8, 4) is 0 Å². The molecule has 2 amide bonds. The third-order valence-corrected chi connectivity index (χ3v) is 6.29. The first-order valence-corrected chi connectivity index (χ1v) is 9.45. The van der Waals surface area contributed by atoms with Crippen LogP contribution in [0.5, 0.6) is 0 Å². The highest BCUT2D eigenvalue weighted by Gasteiger charge is 2.44. The van der Waals surface area contributed by atoms with Gasteiger partial charge in [0.2, 0.25) is 11.8 Å². The van der Waals surface area contributed by atoms with E-state index in [4.69, 9.17) is 4.74 Å². The van der Waals surface area contributed by atoms with Crippen molar-refractivity contribution in [1.82, 2.24) is 9.80 Å². The maximum atomic E-state index is 13.1. The van der Waals surface area contributed by atoms with Crippen molar-refractivity contribution in [2.24, 2.45) is 5.92 Å². The molecule has 0 radical (unpaired) electrons. The maximum Gasteiger partial charge on any atom is 0.228 e. The summed E-state index contributed by atoms with van der Waals surface area (Å²) in [7, 11) is 0. The normalized spacial score (nSPS) is 35.7. The average molecular weight is 320 g/mol. The van der Waals surface area contributed by atoms with Crippen LogP contribution in [0.15, 0.2) is 0 Å². The molecule has 2 aliphatic carbocycles. The number of nitrogens with zero attached hydrogens (tertiary/aromatic N) is 2. The fourth-order valence-electron chi connectivity index (χ4n) is 5.07. The van der Waals surface area contributed by atoms with Crippen LogP contribution in [0.2, 0.25) is 0 Å². The van der Waals surface area contributed by atoms with Gasteiger partial charge in [-0.3, -0.25) is 9.59 Å². The largest absolute Gasteiger partial charge is 0.374 e. The van der Waals surface area contributed by atoms with E-state index in [1.54, 1.807) is 0 Å². The Morgan fingerprint density at radius 2 is 1.78 bits per heavy atom. The van der Waals surface area contributed by atoms with Crippen LogP contribution in [0.3, 0.4) is 0 Å². The number of morpholine rings is 1. The molecule has 2 heterocycles. The highest BCUT2D eigenvalue weighted by atomic mass is 16.5. The predicted octanol–water partition coefficient (Wildman–Crippen LogP) is 1.95. The van der Waals surface area contributed by atoms with Crippen molar-refractivity contribution in [3.63, 3.8) is 0 Å².